The van der Waals surface area contributed by atoms with Gasteiger partial charge in [-0.25, -0.2) is 0 Å². The van der Waals surface area contributed by atoms with Gasteiger partial charge in [-0.2, -0.15) is 0 Å². The monoisotopic (exact) mass is 323 g/mol. The highest BCUT2D eigenvalue weighted by molar-refractivity contribution is 6.33. The van der Waals surface area contributed by atoms with Gasteiger partial charge in [0.1, 0.15) is 0 Å². The van der Waals surface area contributed by atoms with E-state index in [4.69, 9.17) is 11.6 Å². The van der Waals surface area contributed by atoms with E-state index < -0.39 is 0 Å². The average molecular weight is 324 g/mol. The van der Waals surface area contributed by atoms with Crippen LogP contribution >= 0.6 is 11.6 Å². The van der Waals surface area contributed by atoms with Crippen molar-refractivity contribution in [2.45, 2.75) is 26.2 Å². The number of nitrogens with one attached hydrogen (secondary N) is 1. The van der Waals surface area contributed by atoms with Crippen molar-refractivity contribution in [2.75, 3.05) is 44.6 Å². The zero-order chi connectivity index (χ0) is 15.8. The van der Waals surface area contributed by atoms with Crippen molar-refractivity contribution in [3.63, 3.8) is 0 Å². The highest BCUT2D eigenvalue weighted by Gasteiger charge is 2.18. The maximum Gasteiger partial charge on any atom is 0.238 e. The van der Waals surface area contributed by atoms with E-state index in [2.05, 4.69) is 22.0 Å². The summed E-state index contributed by atoms with van der Waals surface area (Å²) >= 11 is 6.06. The number of hydrogen-bond donors (Lipinski definition) is 1. The van der Waals surface area contributed by atoms with Gasteiger partial charge in [0, 0.05) is 26.2 Å². The number of anilines is 1. The molecule has 4 nitrogen and oxygen atoms in total. The second-order valence-electron chi connectivity index (χ2n) is 5.85. The molecule has 1 N–H and O–H groups in total. The Kier molecular flexibility index (Phi) is 7.16. The Morgan fingerprint density at radius 3 is 2.50 bits per heavy atom. The molecule has 1 aromatic carbocycles. The predicted octanol–water partition coefficient (Wildman–Crippen LogP) is 3.09. The van der Waals surface area contributed by atoms with Gasteiger partial charge in [-0.15, -0.1) is 0 Å². The lowest BCUT2D eigenvalue weighted by atomic mass is 10.2. The van der Waals surface area contributed by atoms with Crippen molar-refractivity contribution in [1.82, 2.24) is 9.80 Å². The number of piperazine rings is 1. The zero-order valence-electron chi connectivity index (χ0n) is 13.4. The number of carbonyl (C=O) groups is 1. The van der Waals surface area contributed by atoms with Crippen LogP contribution in [0.15, 0.2) is 24.3 Å². The Labute approximate surface area is 138 Å². The summed E-state index contributed by atoms with van der Waals surface area (Å²) in [7, 11) is 0. The van der Waals surface area contributed by atoms with Crippen LogP contribution < -0.4 is 5.32 Å². The summed E-state index contributed by atoms with van der Waals surface area (Å²) < 4.78 is 0. The SMILES string of the molecule is CCCCCN1CCN(CC(=O)Nc2ccccc2Cl)CC1. The van der Waals surface area contributed by atoms with E-state index in [1.807, 2.05) is 18.2 Å². The minimum Gasteiger partial charge on any atom is -0.324 e. The minimum atomic E-state index is 0.00697. The lowest BCUT2D eigenvalue weighted by molar-refractivity contribution is -0.117. The van der Waals surface area contributed by atoms with E-state index in [9.17, 15) is 4.79 Å². The van der Waals surface area contributed by atoms with Gasteiger partial charge in [0.15, 0.2) is 0 Å². The molecule has 0 aliphatic carbocycles. The molecule has 0 unspecified atom stereocenters. The molecule has 22 heavy (non-hydrogen) atoms. The second kappa shape index (κ2) is 9.13. The van der Waals surface area contributed by atoms with Crippen molar-refractivity contribution >= 4 is 23.2 Å². The van der Waals surface area contributed by atoms with E-state index in [-0.39, 0.29) is 5.91 Å². The molecule has 1 aliphatic rings. The standard InChI is InChI=1S/C17H26ClN3O/c1-2-3-6-9-20-10-12-21(13-11-20)14-17(22)19-16-8-5-4-7-15(16)18/h4-5,7-8H,2-3,6,9-14H2,1H3,(H,19,22). The highest BCUT2D eigenvalue weighted by Crippen LogP contribution is 2.20. The first kappa shape index (κ1) is 17.3. The van der Waals surface area contributed by atoms with Gasteiger partial charge in [-0.1, -0.05) is 43.5 Å². The van der Waals surface area contributed by atoms with Crippen molar-refractivity contribution in [3.8, 4) is 0 Å². The molecule has 1 aliphatic heterocycles. The van der Waals surface area contributed by atoms with Crippen LogP contribution in [0.1, 0.15) is 26.2 Å². The molecule has 1 saturated heterocycles. The third kappa shape index (κ3) is 5.59. The molecule has 0 radical (unpaired) electrons. The van der Waals surface area contributed by atoms with E-state index in [0.717, 1.165) is 26.2 Å². The number of para-hydroxylation sites is 1. The minimum absolute atomic E-state index is 0.00697. The third-order valence-corrected chi connectivity index (χ3v) is 4.39. The van der Waals surface area contributed by atoms with Crippen LogP contribution in [0.3, 0.4) is 0 Å². The molecule has 0 saturated carbocycles. The Hall–Kier alpha value is -1.10. The third-order valence-electron chi connectivity index (χ3n) is 4.06. The fourth-order valence-corrected chi connectivity index (χ4v) is 2.89. The van der Waals surface area contributed by atoms with E-state index in [1.54, 1.807) is 6.07 Å². The van der Waals surface area contributed by atoms with Crippen molar-refractivity contribution < 1.29 is 4.79 Å². The summed E-state index contributed by atoms with van der Waals surface area (Å²) in [6.45, 7) is 7.90. The van der Waals surface area contributed by atoms with Crippen LogP contribution in [0.2, 0.25) is 5.02 Å². The summed E-state index contributed by atoms with van der Waals surface area (Å²) in [6, 6.07) is 7.34. The Bertz CT molecular complexity index is 473. The first-order valence-corrected chi connectivity index (χ1v) is 8.56. The quantitative estimate of drug-likeness (QED) is 0.783. The summed E-state index contributed by atoms with van der Waals surface area (Å²) in [4.78, 5) is 16.8. The Morgan fingerprint density at radius 1 is 1.14 bits per heavy atom. The molecule has 0 bridgehead atoms. The van der Waals surface area contributed by atoms with Crippen LogP contribution in [-0.4, -0.2) is 55.0 Å². The van der Waals surface area contributed by atoms with Gasteiger partial charge in [0.05, 0.1) is 17.3 Å². The highest BCUT2D eigenvalue weighted by atomic mass is 35.5. The smallest absolute Gasteiger partial charge is 0.238 e. The molecule has 1 amide bonds. The zero-order valence-corrected chi connectivity index (χ0v) is 14.1. The van der Waals surface area contributed by atoms with Gasteiger partial charge in [0.2, 0.25) is 5.91 Å². The first-order valence-electron chi connectivity index (χ1n) is 8.18. The molecule has 0 spiro atoms. The molecule has 1 heterocycles. The van der Waals surface area contributed by atoms with Crippen LogP contribution in [0.25, 0.3) is 0 Å². The number of unbranched alkanes of at least 4 members (excludes halogenated alkanes) is 2. The molecule has 122 valence electrons. The number of amides is 1. The number of carbonyl (C=O) groups excluding carboxylic acids is 1. The molecule has 0 atom stereocenters. The van der Waals surface area contributed by atoms with Gasteiger partial charge < -0.3 is 10.2 Å². The van der Waals surface area contributed by atoms with E-state index in [1.165, 1.54) is 25.8 Å². The predicted molar refractivity (Wildman–Crippen MR) is 92.5 cm³/mol. The molecule has 1 fully saturated rings. The van der Waals surface area contributed by atoms with Gasteiger partial charge in [-0.3, -0.25) is 9.69 Å². The Balaban J connectivity index is 1.69. The van der Waals surface area contributed by atoms with Gasteiger partial charge >= 0.3 is 0 Å². The molecule has 1 aromatic rings. The normalized spacial score (nSPS) is 16.6. The van der Waals surface area contributed by atoms with Crippen LogP contribution in [0.4, 0.5) is 5.69 Å². The van der Waals surface area contributed by atoms with Crippen LogP contribution in [-0.2, 0) is 4.79 Å². The van der Waals surface area contributed by atoms with E-state index in [0.29, 0.717) is 17.3 Å². The number of halogens is 1. The number of nitrogens with zero attached hydrogens (tertiary/aromatic N) is 2. The summed E-state index contributed by atoms with van der Waals surface area (Å²) in [6.07, 6.45) is 3.85. The van der Waals surface area contributed by atoms with Crippen LogP contribution in [0.5, 0.6) is 0 Å². The largest absolute Gasteiger partial charge is 0.324 e. The molecular formula is C17H26ClN3O. The fraction of sp³-hybridized carbons (Fsp3) is 0.588. The number of rotatable bonds is 7. The second-order valence-corrected chi connectivity index (χ2v) is 6.26. The summed E-state index contributed by atoms with van der Waals surface area (Å²) in [5, 5.41) is 3.46. The molecule has 0 aromatic heterocycles. The van der Waals surface area contributed by atoms with E-state index >= 15 is 0 Å². The lowest BCUT2D eigenvalue weighted by Gasteiger charge is -2.34. The average Bonchev–Trinajstić information content (AvgIpc) is 2.51. The number of hydrogen-bond acceptors (Lipinski definition) is 3. The lowest BCUT2D eigenvalue weighted by Crippen LogP contribution is -2.48. The topological polar surface area (TPSA) is 35.6 Å². The van der Waals surface area contributed by atoms with Gasteiger partial charge in [-0.05, 0) is 25.1 Å². The summed E-state index contributed by atoms with van der Waals surface area (Å²) in [5.41, 5.74) is 0.687. The molecular weight excluding hydrogens is 298 g/mol. The first-order chi connectivity index (χ1) is 10.7. The fourth-order valence-electron chi connectivity index (χ4n) is 2.71. The summed E-state index contributed by atoms with van der Waals surface area (Å²) in [5.74, 6) is 0.00697. The number of benzene rings is 1. The molecule has 2 rings (SSSR count). The maximum absolute atomic E-state index is 12.1. The molecule has 5 heteroatoms. The van der Waals surface area contributed by atoms with Crippen molar-refractivity contribution in [3.05, 3.63) is 29.3 Å². The van der Waals surface area contributed by atoms with Gasteiger partial charge in [0.25, 0.3) is 0 Å². The Morgan fingerprint density at radius 2 is 1.82 bits per heavy atom. The van der Waals surface area contributed by atoms with Crippen molar-refractivity contribution in [2.24, 2.45) is 0 Å². The maximum atomic E-state index is 12.1. The van der Waals surface area contributed by atoms with Crippen LogP contribution in [0, 0.1) is 0 Å². The van der Waals surface area contributed by atoms with Crippen molar-refractivity contribution in [1.29, 1.82) is 0 Å².